The van der Waals surface area contributed by atoms with E-state index in [1.165, 1.54) is 0 Å². The minimum atomic E-state index is -2.66. The van der Waals surface area contributed by atoms with Crippen molar-refractivity contribution in [1.82, 2.24) is 4.98 Å². The van der Waals surface area contributed by atoms with Gasteiger partial charge in [-0.25, -0.2) is 13.8 Å². The Morgan fingerprint density at radius 3 is 2.62 bits per heavy atom. The SMILES string of the molecule is NC(=O)c1ncc(C(F)F)cc1Cl. The molecule has 0 aliphatic rings. The van der Waals surface area contributed by atoms with Gasteiger partial charge >= 0.3 is 0 Å². The highest BCUT2D eigenvalue weighted by Crippen LogP contribution is 2.22. The summed E-state index contributed by atoms with van der Waals surface area (Å²) in [4.78, 5) is 14.0. The second kappa shape index (κ2) is 3.66. The van der Waals surface area contributed by atoms with Gasteiger partial charge in [0.05, 0.1) is 5.02 Å². The molecule has 0 aliphatic carbocycles. The van der Waals surface area contributed by atoms with E-state index >= 15 is 0 Å². The molecule has 0 spiro atoms. The predicted molar refractivity (Wildman–Crippen MR) is 42.7 cm³/mol. The molecular weight excluding hydrogens is 202 g/mol. The third-order valence-corrected chi connectivity index (χ3v) is 1.64. The molecule has 1 aromatic heterocycles. The lowest BCUT2D eigenvalue weighted by Gasteiger charge is -2.01. The molecule has 0 aliphatic heterocycles. The lowest BCUT2D eigenvalue weighted by molar-refractivity contribution is 0.0995. The number of halogens is 3. The van der Waals surface area contributed by atoms with Crippen molar-refractivity contribution >= 4 is 17.5 Å². The molecule has 1 amide bonds. The van der Waals surface area contributed by atoms with Crippen LogP contribution in [0, 0.1) is 0 Å². The maximum absolute atomic E-state index is 12.1. The van der Waals surface area contributed by atoms with E-state index in [0.717, 1.165) is 12.3 Å². The molecule has 0 atom stereocenters. The fraction of sp³-hybridized carbons (Fsp3) is 0.143. The van der Waals surface area contributed by atoms with Crippen LogP contribution in [-0.2, 0) is 0 Å². The van der Waals surface area contributed by atoms with E-state index in [2.05, 4.69) is 4.98 Å². The number of primary amides is 1. The van der Waals surface area contributed by atoms with Crippen molar-refractivity contribution in [2.75, 3.05) is 0 Å². The standard InChI is InChI=1S/C7H5ClF2N2O/c8-4-1-3(6(9)10)2-12-5(4)7(11)13/h1-2,6H,(H2,11,13). The van der Waals surface area contributed by atoms with Crippen molar-refractivity contribution in [2.45, 2.75) is 6.43 Å². The molecule has 0 saturated carbocycles. The molecule has 0 bridgehead atoms. The first-order valence-corrected chi connectivity index (χ1v) is 3.63. The van der Waals surface area contributed by atoms with Gasteiger partial charge in [0.2, 0.25) is 0 Å². The quantitative estimate of drug-likeness (QED) is 0.802. The van der Waals surface area contributed by atoms with Crippen LogP contribution in [0.3, 0.4) is 0 Å². The van der Waals surface area contributed by atoms with Gasteiger partial charge in [0.1, 0.15) is 5.69 Å². The van der Waals surface area contributed by atoms with Crippen LogP contribution in [0.1, 0.15) is 22.5 Å². The van der Waals surface area contributed by atoms with E-state index in [4.69, 9.17) is 17.3 Å². The van der Waals surface area contributed by atoms with Crippen molar-refractivity contribution in [3.8, 4) is 0 Å². The number of nitrogens with two attached hydrogens (primary N) is 1. The summed E-state index contributed by atoms with van der Waals surface area (Å²) in [6.07, 6.45) is -1.79. The highest BCUT2D eigenvalue weighted by Gasteiger charge is 2.13. The summed E-state index contributed by atoms with van der Waals surface area (Å²) in [5, 5.41) is -0.162. The van der Waals surface area contributed by atoms with Gasteiger partial charge in [-0.2, -0.15) is 0 Å². The third kappa shape index (κ3) is 2.12. The normalized spacial score (nSPS) is 10.5. The Bertz CT molecular complexity index is 343. The first-order valence-electron chi connectivity index (χ1n) is 3.25. The predicted octanol–water partition coefficient (Wildman–Crippen LogP) is 1.77. The Hall–Kier alpha value is -1.23. The van der Waals surface area contributed by atoms with Gasteiger partial charge in [-0.05, 0) is 6.07 Å². The van der Waals surface area contributed by atoms with Gasteiger partial charge in [0.25, 0.3) is 12.3 Å². The van der Waals surface area contributed by atoms with Crippen molar-refractivity contribution in [1.29, 1.82) is 0 Å². The van der Waals surface area contributed by atoms with Crippen molar-refractivity contribution in [3.63, 3.8) is 0 Å². The number of hydrogen-bond donors (Lipinski definition) is 1. The monoisotopic (exact) mass is 206 g/mol. The fourth-order valence-electron chi connectivity index (χ4n) is 0.753. The summed E-state index contributed by atoms with van der Waals surface area (Å²) < 4.78 is 24.1. The first kappa shape index (κ1) is 9.85. The number of nitrogens with zero attached hydrogens (tertiary/aromatic N) is 1. The molecule has 0 radical (unpaired) electrons. The number of rotatable bonds is 2. The van der Waals surface area contributed by atoms with Gasteiger partial charge in [-0.3, -0.25) is 4.79 Å². The van der Waals surface area contributed by atoms with Gasteiger partial charge in [-0.15, -0.1) is 0 Å². The summed E-state index contributed by atoms with van der Waals surface area (Å²) in [5.74, 6) is -0.842. The second-order valence-corrected chi connectivity index (χ2v) is 2.67. The van der Waals surface area contributed by atoms with Crippen LogP contribution in [0.15, 0.2) is 12.3 Å². The Kier molecular flexibility index (Phi) is 2.77. The molecule has 0 unspecified atom stereocenters. The summed E-state index contributed by atoms with van der Waals surface area (Å²) in [5.41, 5.74) is 4.33. The van der Waals surface area contributed by atoms with Crippen LogP contribution >= 0.6 is 11.6 Å². The Labute approximate surface area is 77.5 Å². The molecule has 6 heteroatoms. The van der Waals surface area contributed by atoms with Crippen LogP contribution in [0.25, 0.3) is 0 Å². The number of amides is 1. The van der Waals surface area contributed by atoms with Gasteiger partial charge in [0.15, 0.2) is 0 Å². The van der Waals surface area contributed by atoms with Crippen LogP contribution < -0.4 is 5.73 Å². The molecule has 2 N–H and O–H groups in total. The molecule has 70 valence electrons. The van der Waals surface area contributed by atoms with Gasteiger partial charge < -0.3 is 5.73 Å². The molecule has 0 aromatic carbocycles. The molecular formula is C7H5ClF2N2O. The van der Waals surface area contributed by atoms with Gasteiger partial charge in [0, 0.05) is 11.8 Å². The number of pyridine rings is 1. The zero-order valence-electron chi connectivity index (χ0n) is 6.30. The zero-order valence-corrected chi connectivity index (χ0v) is 7.05. The average molecular weight is 207 g/mol. The molecule has 1 rings (SSSR count). The number of aromatic nitrogens is 1. The first-order chi connectivity index (χ1) is 6.02. The maximum Gasteiger partial charge on any atom is 0.268 e. The Balaban J connectivity index is 3.13. The van der Waals surface area contributed by atoms with Crippen LogP contribution in [-0.4, -0.2) is 10.9 Å². The van der Waals surface area contributed by atoms with Crippen LogP contribution in [0.5, 0.6) is 0 Å². The van der Waals surface area contributed by atoms with E-state index in [9.17, 15) is 13.6 Å². The highest BCUT2D eigenvalue weighted by atomic mass is 35.5. The van der Waals surface area contributed by atoms with E-state index in [1.54, 1.807) is 0 Å². The molecule has 0 saturated heterocycles. The van der Waals surface area contributed by atoms with E-state index in [-0.39, 0.29) is 16.3 Å². The average Bonchev–Trinajstić information content (AvgIpc) is 2.03. The van der Waals surface area contributed by atoms with Gasteiger partial charge in [-0.1, -0.05) is 11.6 Å². The number of hydrogen-bond acceptors (Lipinski definition) is 2. The molecule has 13 heavy (non-hydrogen) atoms. The summed E-state index contributed by atoms with van der Waals surface area (Å²) in [6.45, 7) is 0. The summed E-state index contributed by atoms with van der Waals surface area (Å²) in [6, 6.07) is 0.972. The van der Waals surface area contributed by atoms with Crippen molar-refractivity contribution in [2.24, 2.45) is 5.73 Å². The fourth-order valence-corrected chi connectivity index (χ4v) is 1.02. The number of alkyl halides is 2. The smallest absolute Gasteiger partial charge is 0.268 e. The van der Waals surface area contributed by atoms with Crippen LogP contribution in [0.2, 0.25) is 5.02 Å². The van der Waals surface area contributed by atoms with Crippen molar-refractivity contribution < 1.29 is 13.6 Å². The number of carbonyl (C=O) groups is 1. The van der Waals surface area contributed by atoms with E-state index in [0.29, 0.717) is 0 Å². The molecule has 0 fully saturated rings. The zero-order chi connectivity index (χ0) is 10.0. The van der Waals surface area contributed by atoms with Crippen molar-refractivity contribution in [3.05, 3.63) is 28.5 Å². The lowest BCUT2D eigenvalue weighted by atomic mass is 10.2. The summed E-state index contributed by atoms with van der Waals surface area (Å²) >= 11 is 5.47. The Morgan fingerprint density at radius 1 is 1.62 bits per heavy atom. The minimum absolute atomic E-state index is 0.162. The number of carbonyl (C=O) groups excluding carboxylic acids is 1. The molecule has 3 nitrogen and oxygen atoms in total. The second-order valence-electron chi connectivity index (χ2n) is 2.26. The third-order valence-electron chi connectivity index (χ3n) is 1.35. The van der Waals surface area contributed by atoms with Crippen LogP contribution in [0.4, 0.5) is 8.78 Å². The lowest BCUT2D eigenvalue weighted by Crippen LogP contribution is -2.13. The highest BCUT2D eigenvalue weighted by molar-refractivity contribution is 6.33. The minimum Gasteiger partial charge on any atom is -0.364 e. The largest absolute Gasteiger partial charge is 0.364 e. The van der Waals surface area contributed by atoms with E-state index < -0.39 is 12.3 Å². The topological polar surface area (TPSA) is 56.0 Å². The van der Waals surface area contributed by atoms with E-state index in [1.807, 2.05) is 0 Å². The molecule has 1 heterocycles. The molecule has 1 aromatic rings. The summed E-state index contributed by atoms with van der Waals surface area (Å²) in [7, 11) is 0. The maximum atomic E-state index is 12.1. The Morgan fingerprint density at radius 2 is 2.23 bits per heavy atom.